The van der Waals surface area contributed by atoms with Crippen molar-refractivity contribution in [1.82, 2.24) is 0 Å². The van der Waals surface area contributed by atoms with Crippen LogP contribution in [-0.2, 0) is 0 Å². The molecule has 0 unspecified atom stereocenters. The molecule has 1 aromatic rings. The van der Waals surface area contributed by atoms with Crippen molar-refractivity contribution in [2.24, 2.45) is 0 Å². The molecule has 0 bridgehead atoms. The lowest BCUT2D eigenvalue weighted by atomic mass is 10.1. The average Bonchev–Trinajstić information content (AvgIpc) is 2.47. The van der Waals surface area contributed by atoms with Gasteiger partial charge in [-0.05, 0) is 23.3 Å². The Morgan fingerprint density at radius 1 is 1.08 bits per heavy atom. The van der Waals surface area contributed by atoms with Crippen molar-refractivity contribution >= 4 is 5.57 Å². The maximum absolute atomic E-state index is 3.03. The fraction of sp³-hybridized carbons (Fsp3) is 0.0769. The molecule has 0 atom stereocenters. The Hall–Kier alpha value is -1.74. The van der Waals surface area contributed by atoms with Gasteiger partial charge in [-0.2, -0.15) is 0 Å². The van der Waals surface area contributed by atoms with Crippen molar-refractivity contribution < 1.29 is 0 Å². The molecule has 0 amide bonds. The SMILES string of the molecule is C1#CCC=C(c2ccccc2)C=C1. The third-order valence-electron chi connectivity index (χ3n) is 1.98. The molecule has 0 spiro atoms. The lowest BCUT2D eigenvalue weighted by Crippen LogP contribution is -1.78. The number of hydrogen-bond acceptors (Lipinski definition) is 0. The number of allylic oxidation sites excluding steroid dienone is 4. The van der Waals surface area contributed by atoms with Gasteiger partial charge in [-0.1, -0.05) is 48.2 Å². The van der Waals surface area contributed by atoms with Gasteiger partial charge in [0.2, 0.25) is 0 Å². The van der Waals surface area contributed by atoms with Crippen LogP contribution in [0, 0.1) is 11.8 Å². The van der Waals surface area contributed by atoms with Gasteiger partial charge in [0, 0.05) is 6.42 Å². The second-order valence-electron chi connectivity index (χ2n) is 2.88. The number of benzene rings is 1. The molecule has 0 heteroatoms. The Labute approximate surface area is 78.6 Å². The molecule has 0 fully saturated rings. The van der Waals surface area contributed by atoms with Gasteiger partial charge >= 0.3 is 0 Å². The minimum Gasteiger partial charge on any atom is -0.0943 e. The summed E-state index contributed by atoms with van der Waals surface area (Å²) in [5, 5.41) is 0. The minimum absolute atomic E-state index is 0.844. The van der Waals surface area contributed by atoms with Crippen molar-refractivity contribution in [3.05, 3.63) is 54.1 Å². The van der Waals surface area contributed by atoms with Crippen LogP contribution in [0.2, 0.25) is 0 Å². The fourth-order valence-electron chi connectivity index (χ4n) is 1.32. The van der Waals surface area contributed by atoms with Gasteiger partial charge in [0.25, 0.3) is 0 Å². The Kier molecular flexibility index (Phi) is 2.29. The van der Waals surface area contributed by atoms with E-state index in [1.807, 2.05) is 12.1 Å². The van der Waals surface area contributed by atoms with Gasteiger partial charge in [-0.25, -0.2) is 0 Å². The van der Waals surface area contributed by atoms with E-state index in [1.165, 1.54) is 11.1 Å². The molecule has 1 aliphatic carbocycles. The van der Waals surface area contributed by atoms with Crippen LogP contribution < -0.4 is 0 Å². The first-order valence-electron chi connectivity index (χ1n) is 4.37. The van der Waals surface area contributed by atoms with Gasteiger partial charge in [-0.15, -0.1) is 0 Å². The largest absolute Gasteiger partial charge is 0.0943 e. The quantitative estimate of drug-likeness (QED) is 0.562. The summed E-state index contributed by atoms with van der Waals surface area (Å²) in [4.78, 5) is 0. The summed E-state index contributed by atoms with van der Waals surface area (Å²) in [5.74, 6) is 6.00. The van der Waals surface area contributed by atoms with Gasteiger partial charge in [0.15, 0.2) is 0 Å². The van der Waals surface area contributed by atoms with E-state index < -0.39 is 0 Å². The summed E-state index contributed by atoms with van der Waals surface area (Å²) >= 11 is 0. The molecule has 2 rings (SSSR count). The van der Waals surface area contributed by atoms with E-state index in [1.54, 1.807) is 0 Å². The lowest BCUT2D eigenvalue weighted by Gasteiger charge is -1.99. The molecule has 1 aromatic carbocycles. The molecule has 1 aliphatic rings. The molecular weight excluding hydrogens is 156 g/mol. The Balaban J connectivity index is 2.33. The van der Waals surface area contributed by atoms with Crippen LogP contribution in [0.1, 0.15) is 12.0 Å². The van der Waals surface area contributed by atoms with Crippen molar-refractivity contribution in [2.75, 3.05) is 0 Å². The zero-order chi connectivity index (χ0) is 8.93. The highest BCUT2D eigenvalue weighted by molar-refractivity contribution is 5.75. The summed E-state index contributed by atoms with van der Waals surface area (Å²) in [6, 6.07) is 10.4. The van der Waals surface area contributed by atoms with E-state index in [0.717, 1.165) is 6.42 Å². The van der Waals surface area contributed by atoms with Gasteiger partial charge in [0.1, 0.15) is 0 Å². The second kappa shape index (κ2) is 3.78. The van der Waals surface area contributed by atoms with Gasteiger partial charge in [-0.3, -0.25) is 0 Å². The van der Waals surface area contributed by atoms with Crippen LogP contribution in [-0.4, -0.2) is 0 Å². The normalized spacial score (nSPS) is 14.0. The van der Waals surface area contributed by atoms with E-state index in [0.29, 0.717) is 0 Å². The highest BCUT2D eigenvalue weighted by Crippen LogP contribution is 2.16. The van der Waals surface area contributed by atoms with Crippen LogP contribution in [0.15, 0.2) is 48.6 Å². The van der Waals surface area contributed by atoms with E-state index in [9.17, 15) is 0 Å². The molecule has 0 saturated carbocycles. The third-order valence-corrected chi connectivity index (χ3v) is 1.98. The zero-order valence-electron chi connectivity index (χ0n) is 7.33. The summed E-state index contributed by atoms with van der Waals surface area (Å²) in [6.45, 7) is 0. The highest BCUT2D eigenvalue weighted by Gasteiger charge is 1.95. The summed E-state index contributed by atoms with van der Waals surface area (Å²) in [5.41, 5.74) is 2.50. The Morgan fingerprint density at radius 3 is 2.77 bits per heavy atom. The Morgan fingerprint density at radius 2 is 1.92 bits per heavy atom. The molecule has 0 saturated heterocycles. The van der Waals surface area contributed by atoms with E-state index in [-0.39, 0.29) is 0 Å². The first kappa shape index (κ1) is 7.89. The first-order valence-corrected chi connectivity index (χ1v) is 4.37. The average molecular weight is 166 g/mol. The van der Waals surface area contributed by atoms with Gasteiger partial charge < -0.3 is 0 Å². The van der Waals surface area contributed by atoms with Crippen LogP contribution in [0.4, 0.5) is 0 Å². The van der Waals surface area contributed by atoms with Crippen LogP contribution in [0.3, 0.4) is 0 Å². The van der Waals surface area contributed by atoms with Crippen LogP contribution in [0.25, 0.3) is 5.57 Å². The number of hydrogen-bond donors (Lipinski definition) is 0. The highest BCUT2D eigenvalue weighted by atomic mass is 14.0. The summed E-state index contributed by atoms with van der Waals surface area (Å²) in [6.07, 6.45) is 6.98. The molecule has 0 nitrogen and oxygen atoms in total. The monoisotopic (exact) mass is 166 g/mol. The minimum atomic E-state index is 0.844. The molecule has 0 heterocycles. The van der Waals surface area contributed by atoms with Crippen LogP contribution >= 0.6 is 0 Å². The first-order chi connectivity index (χ1) is 6.47. The smallest absolute Gasteiger partial charge is 0.0282 e. The molecule has 13 heavy (non-hydrogen) atoms. The van der Waals surface area contributed by atoms with Crippen molar-refractivity contribution in [3.63, 3.8) is 0 Å². The number of rotatable bonds is 1. The predicted molar refractivity (Wildman–Crippen MR) is 56.0 cm³/mol. The van der Waals surface area contributed by atoms with E-state index >= 15 is 0 Å². The zero-order valence-corrected chi connectivity index (χ0v) is 7.33. The standard InChI is InChI=1S/C13H10/c1-2-5-9-12(8-4-1)13-10-6-3-7-11-13/h3-4,6-11H,5H2. The van der Waals surface area contributed by atoms with Crippen molar-refractivity contribution in [3.8, 4) is 11.8 Å². The summed E-state index contributed by atoms with van der Waals surface area (Å²) < 4.78 is 0. The van der Waals surface area contributed by atoms with Crippen LogP contribution in [0.5, 0.6) is 0 Å². The maximum Gasteiger partial charge on any atom is 0.0282 e. The molecule has 0 aliphatic heterocycles. The molecule has 0 N–H and O–H groups in total. The maximum atomic E-state index is 3.03. The van der Waals surface area contributed by atoms with Crippen molar-refractivity contribution in [1.29, 1.82) is 0 Å². The van der Waals surface area contributed by atoms with Crippen molar-refractivity contribution in [2.45, 2.75) is 6.42 Å². The molecule has 62 valence electrons. The fourth-order valence-corrected chi connectivity index (χ4v) is 1.32. The topological polar surface area (TPSA) is 0 Å². The van der Waals surface area contributed by atoms with Gasteiger partial charge in [0.05, 0.1) is 0 Å². The molecule has 0 radical (unpaired) electrons. The third kappa shape index (κ3) is 1.89. The predicted octanol–water partition coefficient (Wildman–Crippen LogP) is 3.03. The second-order valence-corrected chi connectivity index (χ2v) is 2.88. The van der Waals surface area contributed by atoms with E-state index in [4.69, 9.17) is 0 Å². The van der Waals surface area contributed by atoms with E-state index in [2.05, 4.69) is 48.3 Å². The summed E-state index contributed by atoms with van der Waals surface area (Å²) in [7, 11) is 0. The molecule has 0 aromatic heterocycles. The molecular formula is C13H10. The lowest BCUT2D eigenvalue weighted by molar-refractivity contribution is 1.47. The Bertz CT molecular complexity index is 397.